The molecule has 4 heteroatoms. The van der Waals surface area contributed by atoms with E-state index in [-0.39, 0.29) is 5.60 Å². The molecule has 3 fully saturated rings. The Kier molecular flexibility index (Phi) is 7.13. The molecule has 3 aliphatic rings. The van der Waals surface area contributed by atoms with E-state index in [4.69, 9.17) is 4.74 Å². The second-order valence-corrected chi connectivity index (χ2v) is 10.3. The number of piperidine rings is 1. The topological polar surface area (TPSA) is 32.8 Å². The second kappa shape index (κ2) is 10.4. The van der Waals surface area contributed by atoms with Gasteiger partial charge in [0.25, 0.3) is 0 Å². The quantitative estimate of drug-likeness (QED) is 0.558. The molecular formula is C29H38N2O2. The second-order valence-electron chi connectivity index (χ2n) is 10.3. The van der Waals surface area contributed by atoms with Crippen molar-refractivity contribution in [2.24, 2.45) is 0 Å². The van der Waals surface area contributed by atoms with Gasteiger partial charge in [0, 0.05) is 44.7 Å². The number of carbonyl (C=O) groups is 1. The van der Waals surface area contributed by atoms with Gasteiger partial charge in [0.15, 0.2) is 0 Å². The Morgan fingerprint density at radius 1 is 0.909 bits per heavy atom. The van der Waals surface area contributed by atoms with E-state index in [0.717, 1.165) is 70.8 Å². The molecule has 1 spiro atoms. The van der Waals surface area contributed by atoms with E-state index < -0.39 is 0 Å². The molecule has 2 saturated heterocycles. The molecule has 4 nitrogen and oxygen atoms in total. The Morgan fingerprint density at radius 2 is 1.58 bits per heavy atom. The predicted octanol–water partition coefficient (Wildman–Crippen LogP) is 5.21. The van der Waals surface area contributed by atoms with Gasteiger partial charge in [0.1, 0.15) is 0 Å². The SMILES string of the molecule is O=C(CCCc1ccccc1)N1CCC2(CC1)CC(N(Cc1ccccc1)C1CC1)CCO2. The third-order valence-electron chi connectivity index (χ3n) is 7.89. The number of aryl methyl sites for hydroxylation is 1. The molecule has 1 saturated carbocycles. The van der Waals surface area contributed by atoms with Crippen molar-refractivity contribution < 1.29 is 9.53 Å². The van der Waals surface area contributed by atoms with E-state index in [9.17, 15) is 4.79 Å². The zero-order valence-corrected chi connectivity index (χ0v) is 19.8. The first-order chi connectivity index (χ1) is 16.2. The molecule has 0 N–H and O–H groups in total. The van der Waals surface area contributed by atoms with Gasteiger partial charge in [-0.2, -0.15) is 0 Å². The van der Waals surface area contributed by atoms with Gasteiger partial charge in [0.05, 0.1) is 5.60 Å². The van der Waals surface area contributed by atoms with Gasteiger partial charge in [-0.3, -0.25) is 9.69 Å². The van der Waals surface area contributed by atoms with E-state index in [1.807, 2.05) is 6.07 Å². The summed E-state index contributed by atoms with van der Waals surface area (Å²) in [4.78, 5) is 17.7. The summed E-state index contributed by atoms with van der Waals surface area (Å²) in [6.07, 6.45) is 9.45. The summed E-state index contributed by atoms with van der Waals surface area (Å²) in [6.45, 7) is 3.60. The lowest BCUT2D eigenvalue weighted by Crippen LogP contribution is -2.54. The van der Waals surface area contributed by atoms with Gasteiger partial charge < -0.3 is 9.64 Å². The zero-order chi connectivity index (χ0) is 22.5. The summed E-state index contributed by atoms with van der Waals surface area (Å²) in [5.41, 5.74) is 2.70. The van der Waals surface area contributed by atoms with Crippen molar-refractivity contribution >= 4 is 5.91 Å². The van der Waals surface area contributed by atoms with Crippen LogP contribution in [0.5, 0.6) is 0 Å². The van der Waals surface area contributed by atoms with Crippen LogP contribution in [0.1, 0.15) is 62.5 Å². The number of carbonyl (C=O) groups excluding carboxylic acids is 1. The van der Waals surface area contributed by atoms with Gasteiger partial charge >= 0.3 is 0 Å². The Hall–Kier alpha value is -2.17. The number of benzene rings is 2. The van der Waals surface area contributed by atoms with Crippen LogP contribution in [0, 0.1) is 0 Å². The molecule has 1 aliphatic carbocycles. The van der Waals surface area contributed by atoms with Gasteiger partial charge in [-0.05, 0) is 62.5 Å². The number of amides is 1. The van der Waals surface area contributed by atoms with Crippen molar-refractivity contribution in [2.45, 2.75) is 82.0 Å². The van der Waals surface area contributed by atoms with Crippen LogP contribution in [-0.4, -0.2) is 53.1 Å². The van der Waals surface area contributed by atoms with Gasteiger partial charge in [0.2, 0.25) is 5.91 Å². The highest BCUT2D eigenvalue weighted by Crippen LogP contribution is 2.40. The molecule has 0 aromatic heterocycles. The minimum atomic E-state index is -0.0342. The van der Waals surface area contributed by atoms with E-state index in [2.05, 4.69) is 64.4 Å². The molecule has 5 rings (SSSR count). The Labute approximate surface area is 198 Å². The first-order valence-corrected chi connectivity index (χ1v) is 13.0. The average molecular weight is 447 g/mol. The lowest BCUT2D eigenvalue weighted by atomic mass is 9.81. The maximum atomic E-state index is 12.8. The first kappa shape index (κ1) is 22.6. The molecule has 0 radical (unpaired) electrons. The highest BCUT2D eigenvalue weighted by Gasteiger charge is 2.44. The third-order valence-corrected chi connectivity index (χ3v) is 7.89. The van der Waals surface area contributed by atoms with Gasteiger partial charge in [-0.25, -0.2) is 0 Å². The Bertz CT molecular complexity index is 888. The molecule has 176 valence electrons. The summed E-state index contributed by atoms with van der Waals surface area (Å²) in [7, 11) is 0. The summed E-state index contributed by atoms with van der Waals surface area (Å²) >= 11 is 0. The van der Waals surface area contributed by atoms with Crippen LogP contribution in [0.2, 0.25) is 0 Å². The zero-order valence-electron chi connectivity index (χ0n) is 19.8. The molecule has 1 unspecified atom stereocenters. The van der Waals surface area contributed by atoms with Crippen LogP contribution in [-0.2, 0) is 22.5 Å². The number of ether oxygens (including phenoxy) is 1. The molecule has 0 bridgehead atoms. The molecule has 2 aromatic carbocycles. The molecule has 1 atom stereocenters. The molecule has 1 amide bonds. The Balaban J connectivity index is 1.12. The van der Waals surface area contributed by atoms with E-state index in [1.165, 1.54) is 24.0 Å². The van der Waals surface area contributed by atoms with E-state index in [0.29, 0.717) is 18.4 Å². The van der Waals surface area contributed by atoms with Crippen LogP contribution >= 0.6 is 0 Å². The van der Waals surface area contributed by atoms with Crippen molar-refractivity contribution in [2.75, 3.05) is 19.7 Å². The van der Waals surface area contributed by atoms with Crippen LogP contribution in [0.4, 0.5) is 0 Å². The van der Waals surface area contributed by atoms with Crippen molar-refractivity contribution in [3.05, 3.63) is 71.8 Å². The average Bonchev–Trinajstić information content (AvgIpc) is 3.70. The summed E-state index contributed by atoms with van der Waals surface area (Å²) in [6, 6.07) is 22.7. The summed E-state index contributed by atoms with van der Waals surface area (Å²) < 4.78 is 6.44. The molecule has 2 aliphatic heterocycles. The maximum absolute atomic E-state index is 12.8. The molecular weight excluding hydrogens is 408 g/mol. The van der Waals surface area contributed by atoms with E-state index in [1.54, 1.807) is 0 Å². The minimum absolute atomic E-state index is 0.0342. The van der Waals surface area contributed by atoms with Crippen molar-refractivity contribution in [1.82, 2.24) is 9.80 Å². The number of rotatable bonds is 8. The maximum Gasteiger partial charge on any atom is 0.222 e. The first-order valence-electron chi connectivity index (χ1n) is 13.0. The highest BCUT2D eigenvalue weighted by atomic mass is 16.5. The summed E-state index contributed by atoms with van der Waals surface area (Å²) in [5.74, 6) is 0.317. The number of hydrogen-bond acceptors (Lipinski definition) is 3. The third kappa shape index (κ3) is 5.85. The largest absolute Gasteiger partial charge is 0.375 e. The van der Waals surface area contributed by atoms with Crippen molar-refractivity contribution in [3.8, 4) is 0 Å². The van der Waals surface area contributed by atoms with Crippen LogP contribution in [0.25, 0.3) is 0 Å². The van der Waals surface area contributed by atoms with Crippen molar-refractivity contribution in [1.29, 1.82) is 0 Å². The number of likely N-dealkylation sites (tertiary alicyclic amines) is 1. The van der Waals surface area contributed by atoms with Crippen LogP contribution < -0.4 is 0 Å². The van der Waals surface area contributed by atoms with Crippen LogP contribution in [0.15, 0.2) is 60.7 Å². The van der Waals surface area contributed by atoms with E-state index >= 15 is 0 Å². The molecule has 33 heavy (non-hydrogen) atoms. The minimum Gasteiger partial charge on any atom is -0.375 e. The number of hydrogen-bond donors (Lipinski definition) is 0. The van der Waals surface area contributed by atoms with Gasteiger partial charge in [-0.1, -0.05) is 60.7 Å². The monoisotopic (exact) mass is 446 g/mol. The fourth-order valence-electron chi connectivity index (χ4n) is 5.80. The molecule has 2 heterocycles. The smallest absolute Gasteiger partial charge is 0.222 e. The lowest BCUT2D eigenvalue weighted by Gasteiger charge is -2.48. The fraction of sp³-hybridized carbons (Fsp3) is 0.552. The number of nitrogens with zero attached hydrogens (tertiary/aromatic N) is 2. The van der Waals surface area contributed by atoms with Crippen LogP contribution in [0.3, 0.4) is 0 Å². The lowest BCUT2D eigenvalue weighted by molar-refractivity contribution is -0.150. The Morgan fingerprint density at radius 3 is 2.24 bits per heavy atom. The standard InChI is InChI=1S/C29H38N2O2/c32-28(13-7-12-24-8-3-1-4-9-24)30-19-17-29(18-20-30)22-27(16-21-33-29)31(26-14-15-26)23-25-10-5-2-6-11-25/h1-6,8-11,26-27H,7,12-23H2. The highest BCUT2D eigenvalue weighted by molar-refractivity contribution is 5.76. The van der Waals surface area contributed by atoms with Gasteiger partial charge in [-0.15, -0.1) is 0 Å². The predicted molar refractivity (Wildman–Crippen MR) is 132 cm³/mol. The fourth-order valence-corrected chi connectivity index (χ4v) is 5.80. The van der Waals surface area contributed by atoms with Crippen molar-refractivity contribution in [3.63, 3.8) is 0 Å². The normalized spacial score (nSPS) is 22.6. The summed E-state index contributed by atoms with van der Waals surface area (Å²) in [5, 5.41) is 0. The molecule has 2 aromatic rings.